The summed E-state index contributed by atoms with van der Waals surface area (Å²) in [5.74, 6) is 0.720. The van der Waals surface area contributed by atoms with Crippen molar-refractivity contribution in [2.45, 2.75) is 31.5 Å². The van der Waals surface area contributed by atoms with Gasteiger partial charge in [-0.15, -0.1) is 0 Å². The van der Waals surface area contributed by atoms with E-state index in [-0.39, 0.29) is 0 Å². The Hall–Kier alpha value is -2.28. The monoisotopic (exact) mass is 311 g/mol. The molecule has 4 rings (SSSR count). The molecule has 1 aliphatic carbocycles. The first-order valence-electron chi connectivity index (χ1n) is 9.25. The lowest BCUT2D eigenvalue weighted by atomic mass is 9.10. The SMILES string of the molecule is c1ccc([B-](c2ccccc2)(c2ccccc2)C2CCCC2)cc1. The first-order chi connectivity index (χ1) is 11.9. The molecule has 0 nitrogen and oxygen atoms in total. The fraction of sp³-hybridized carbons (Fsp3) is 0.217. The minimum absolute atomic E-state index is 0.720. The summed E-state index contributed by atoms with van der Waals surface area (Å²) in [5, 5.41) is 0. The third-order valence-electron chi connectivity index (χ3n) is 6.08. The van der Waals surface area contributed by atoms with Crippen LogP contribution in [0, 0.1) is 0 Å². The van der Waals surface area contributed by atoms with E-state index in [1.54, 1.807) is 0 Å². The lowest BCUT2D eigenvalue weighted by Crippen LogP contribution is -2.69. The van der Waals surface area contributed by atoms with Crippen molar-refractivity contribution >= 4 is 22.5 Å². The lowest BCUT2D eigenvalue weighted by Gasteiger charge is -2.48. The predicted molar refractivity (Wildman–Crippen MR) is 106 cm³/mol. The molecule has 0 spiro atoms. The predicted octanol–water partition coefficient (Wildman–Crippen LogP) is 4.10. The van der Waals surface area contributed by atoms with Gasteiger partial charge in [0.2, 0.25) is 0 Å². The van der Waals surface area contributed by atoms with Gasteiger partial charge in [-0.3, -0.25) is 0 Å². The maximum atomic E-state index is 2.35. The molecule has 1 fully saturated rings. The van der Waals surface area contributed by atoms with Gasteiger partial charge in [0, 0.05) is 0 Å². The van der Waals surface area contributed by atoms with Crippen LogP contribution in [0.25, 0.3) is 0 Å². The Kier molecular flexibility index (Phi) is 4.25. The molecule has 1 heteroatoms. The van der Waals surface area contributed by atoms with Gasteiger partial charge in [-0.25, -0.2) is 0 Å². The van der Waals surface area contributed by atoms with E-state index in [0.29, 0.717) is 0 Å². The molecule has 0 N–H and O–H groups in total. The number of hydrogen-bond acceptors (Lipinski definition) is 0. The maximum absolute atomic E-state index is 2.35. The summed E-state index contributed by atoms with van der Waals surface area (Å²) in [6, 6.07) is 33.7. The summed E-state index contributed by atoms with van der Waals surface area (Å²) in [7, 11) is 0. The van der Waals surface area contributed by atoms with Gasteiger partial charge in [0.05, 0.1) is 6.15 Å². The Balaban J connectivity index is 2.03. The number of hydrogen-bond donors (Lipinski definition) is 0. The second-order valence-corrected chi connectivity index (χ2v) is 7.21. The molecule has 3 aromatic rings. The first kappa shape index (κ1) is 15.3. The van der Waals surface area contributed by atoms with E-state index < -0.39 is 6.15 Å². The largest absolute Gasteiger partial charge is 0.200 e. The van der Waals surface area contributed by atoms with Crippen LogP contribution in [0.5, 0.6) is 0 Å². The lowest BCUT2D eigenvalue weighted by molar-refractivity contribution is 0.854. The molecule has 0 atom stereocenters. The van der Waals surface area contributed by atoms with Crippen LogP contribution in [0.15, 0.2) is 91.0 Å². The van der Waals surface area contributed by atoms with Crippen LogP contribution < -0.4 is 16.4 Å². The topological polar surface area (TPSA) is 0 Å². The van der Waals surface area contributed by atoms with Crippen molar-refractivity contribution in [2.24, 2.45) is 0 Å². The molecule has 0 amide bonds. The Morgan fingerprint density at radius 2 is 0.833 bits per heavy atom. The fourth-order valence-electron chi connectivity index (χ4n) is 5.12. The van der Waals surface area contributed by atoms with Crippen LogP contribution >= 0.6 is 0 Å². The summed E-state index contributed by atoms with van der Waals surface area (Å²) < 4.78 is 0. The highest BCUT2D eigenvalue weighted by Gasteiger charge is 2.38. The smallest absolute Gasteiger partial charge is 0.0842 e. The van der Waals surface area contributed by atoms with Crippen molar-refractivity contribution in [1.29, 1.82) is 0 Å². The molecule has 24 heavy (non-hydrogen) atoms. The molecular weight excluding hydrogens is 287 g/mol. The Bertz CT molecular complexity index is 662. The Labute approximate surface area is 145 Å². The van der Waals surface area contributed by atoms with E-state index in [1.807, 2.05) is 0 Å². The van der Waals surface area contributed by atoms with Crippen molar-refractivity contribution in [1.82, 2.24) is 0 Å². The highest BCUT2D eigenvalue weighted by atomic mass is 14.2. The molecule has 120 valence electrons. The summed E-state index contributed by atoms with van der Waals surface area (Å²) in [6.45, 7) is 0. The fourth-order valence-corrected chi connectivity index (χ4v) is 5.12. The van der Waals surface area contributed by atoms with Crippen LogP contribution in [-0.2, 0) is 0 Å². The molecule has 1 aliphatic rings. The van der Waals surface area contributed by atoms with Crippen molar-refractivity contribution in [3.63, 3.8) is 0 Å². The van der Waals surface area contributed by atoms with Gasteiger partial charge in [0.15, 0.2) is 0 Å². The third kappa shape index (κ3) is 2.49. The van der Waals surface area contributed by atoms with Crippen molar-refractivity contribution in [3.05, 3.63) is 91.0 Å². The summed E-state index contributed by atoms with van der Waals surface area (Å²) in [5.41, 5.74) is 4.46. The molecular formula is C23H24B-. The van der Waals surface area contributed by atoms with Gasteiger partial charge < -0.3 is 0 Å². The zero-order chi connectivity index (χ0) is 16.2. The first-order valence-corrected chi connectivity index (χ1v) is 9.25. The zero-order valence-corrected chi connectivity index (χ0v) is 14.1. The molecule has 0 radical (unpaired) electrons. The molecule has 0 bridgehead atoms. The second kappa shape index (κ2) is 6.69. The van der Waals surface area contributed by atoms with Gasteiger partial charge in [-0.05, 0) is 0 Å². The molecule has 0 heterocycles. The van der Waals surface area contributed by atoms with Gasteiger partial charge >= 0.3 is 0 Å². The Morgan fingerprint density at radius 3 is 1.17 bits per heavy atom. The van der Waals surface area contributed by atoms with E-state index in [0.717, 1.165) is 5.82 Å². The summed E-state index contributed by atoms with van der Waals surface area (Å²) in [4.78, 5) is 0. The minimum Gasteiger partial charge on any atom is -0.200 e. The molecule has 0 aliphatic heterocycles. The van der Waals surface area contributed by atoms with Gasteiger partial charge in [-0.2, -0.15) is 22.2 Å². The standard InChI is InChI=1S/C23H24B/c1-4-12-20(13-5-1)24(23-18-10-11-19-23,21-14-6-2-7-15-21)22-16-8-3-9-17-22/h1-9,12-17,23H,10-11,18-19H2/q-1. The molecule has 0 aromatic heterocycles. The van der Waals surface area contributed by atoms with Crippen LogP contribution in [0.1, 0.15) is 25.7 Å². The third-order valence-corrected chi connectivity index (χ3v) is 6.08. The second-order valence-electron chi connectivity index (χ2n) is 7.21. The Morgan fingerprint density at radius 1 is 0.500 bits per heavy atom. The van der Waals surface area contributed by atoms with Crippen LogP contribution in [0.2, 0.25) is 5.82 Å². The van der Waals surface area contributed by atoms with E-state index in [1.165, 1.54) is 42.1 Å². The van der Waals surface area contributed by atoms with Crippen molar-refractivity contribution in [3.8, 4) is 0 Å². The van der Waals surface area contributed by atoms with Gasteiger partial charge in [-0.1, -0.05) is 117 Å². The normalized spacial score (nSPS) is 15.5. The molecule has 0 unspecified atom stereocenters. The maximum Gasteiger partial charge on any atom is 0.0842 e. The van der Waals surface area contributed by atoms with Gasteiger partial charge in [0.1, 0.15) is 0 Å². The van der Waals surface area contributed by atoms with Crippen LogP contribution in [0.3, 0.4) is 0 Å². The van der Waals surface area contributed by atoms with E-state index in [2.05, 4.69) is 91.0 Å². The summed E-state index contributed by atoms with van der Waals surface area (Å²) in [6.07, 6.45) is 4.47. The van der Waals surface area contributed by atoms with Crippen LogP contribution in [-0.4, -0.2) is 6.15 Å². The highest BCUT2D eigenvalue weighted by molar-refractivity contribution is 7.12. The van der Waals surface area contributed by atoms with Crippen LogP contribution in [0.4, 0.5) is 0 Å². The van der Waals surface area contributed by atoms with Gasteiger partial charge in [0.25, 0.3) is 0 Å². The molecule has 3 aromatic carbocycles. The summed E-state index contributed by atoms with van der Waals surface area (Å²) >= 11 is 0. The molecule has 0 saturated heterocycles. The average molecular weight is 311 g/mol. The zero-order valence-electron chi connectivity index (χ0n) is 14.1. The number of benzene rings is 3. The number of rotatable bonds is 4. The van der Waals surface area contributed by atoms with E-state index in [9.17, 15) is 0 Å². The quantitative estimate of drug-likeness (QED) is 0.636. The minimum atomic E-state index is -0.919. The molecule has 1 saturated carbocycles. The van der Waals surface area contributed by atoms with Crippen molar-refractivity contribution in [2.75, 3.05) is 0 Å². The van der Waals surface area contributed by atoms with Crippen molar-refractivity contribution < 1.29 is 0 Å². The average Bonchev–Trinajstić information content (AvgIpc) is 3.20. The van der Waals surface area contributed by atoms with E-state index in [4.69, 9.17) is 0 Å². The van der Waals surface area contributed by atoms with E-state index >= 15 is 0 Å². The highest BCUT2D eigenvalue weighted by Crippen LogP contribution is 2.38.